The molecular formula is C23H21N3O3S2. The number of carbonyl (C=O) groups excluding carboxylic acids is 1. The summed E-state index contributed by atoms with van der Waals surface area (Å²) in [6.07, 6.45) is 1.08. The third-order valence-corrected chi connectivity index (χ3v) is 6.90. The monoisotopic (exact) mass is 451 g/mol. The molecule has 0 spiro atoms. The third kappa shape index (κ3) is 4.92. The molecule has 0 saturated heterocycles. The van der Waals surface area contributed by atoms with Gasteiger partial charge >= 0.3 is 0 Å². The summed E-state index contributed by atoms with van der Waals surface area (Å²) < 4.78 is 26.5. The van der Waals surface area contributed by atoms with Crippen molar-refractivity contribution < 1.29 is 13.2 Å². The van der Waals surface area contributed by atoms with Crippen molar-refractivity contribution in [3.63, 3.8) is 0 Å². The lowest BCUT2D eigenvalue weighted by Crippen LogP contribution is -2.37. The summed E-state index contributed by atoms with van der Waals surface area (Å²) in [6, 6.07) is 22.1. The van der Waals surface area contributed by atoms with Crippen LogP contribution in [-0.4, -0.2) is 32.1 Å². The van der Waals surface area contributed by atoms with Gasteiger partial charge in [-0.1, -0.05) is 24.3 Å². The van der Waals surface area contributed by atoms with Crippen LogP contribution in [0.5, 0.6) is 0 Å². The lowest BCUT2D eigenvalue weighted by atomic mass is 10.2. The fourth-order valence-corrected chi connectivity index (χ4v) is 5.10. The van der Waals surface area contributed by atoms with Crippen LogP contribution in [0.3, 0.4) is 0 Å². The van der Waals surface area contributed by atoms with Gasteiger partial charge in [0.25, 0.3) is 0 Å². The highest BCUT2D eigenvalue weighted by atomic mass is 32.2. The van der Waals surface area contributed by atoms with Gasteiger partial charge in [0, 0.05) is 11.3 Å². The molecule has 0 radical (unpaired) electrons. The molecule has 1 heterocycles. The minimum absolute atomic E-state index is 0.304. The number of aryl methyl sites for hydroxylation is 1. The Kier molecular flexibility index (Phi) is 5.75. The minimum Gasteiger partial charge on any atom is -0.325 e. The molecule has 0 atom stereocenters. The Morgan fingerprint density at radius 3 is 2.42 bits per heavy atom. The van der Waals surface area contributed by atoms with E-state index in [4.69, 9.17) is 0 Å². The summed E-state index contributed by atoms with van der Waals surface area (Å²) >= 11 is 1.62. The van der Waals surface area contributed by atoms with Crippen molar-refractivity contribution in [1.82, 2.24) is 4.98 Å². The Morgan fingerprint density at radius 1 is 1.03 bits per heavy atom. The van der Waals surface area contributed by atoms with Crippen LogP contribution < -0.4 is 9.62 Å². The van der Waals surface area contributed by atoms with E-state index in [1.54, 1.807) is 53.8 Å². The van der Waals surface area contributed by atoms with Crippen LogP contribution in [0.25, 0.3) is 20.8 Å². The first kappa shape index (κ1) is 21.0. The molecule has 1 aromatic heterocycles. The van der Waals surface area contributed by atoms with Crippen LogP contribution in [0.2, 0.25) is 0 Å². The molecule has 158 valence electrons. The first-order valence-corrected chi connectivity index (χ1v) is 12.3. The van der Waals surface area contributed by atoms with Gasteiger partial charge < -0.3 is 5.32 Å². The number of nitrogens with zero attached hydrogens (tertiary/aromatic N) is 2. The molecule has 0 unspecified atom stereocenters. The highest BCUT2D eigenvalue weighted by Gasteiger charge is 2.20. The number of hydrogen-bond donors (Lipinski definition) is 1. The number of rotatable bonds is 6. The van der Waals surface area contributed by atoms with Gasteiger partial charge in [-0.05, 0) is 61.0 Å². The first-order valence-electron chi connectivity index (χ1n) is 9.60. The average molecular weight is 452 g/mol. The summed E-state index contributed by atoms with van der Waals surface area (Å²) in [5.74, 6) is -0.419. The molecule has 0 saturated carbocycles. The maximum atomic E-state index is 12.5. The van der Waals surface area contributed by atoms with E-state index in [2.05, 4.69) is 23.3 Å². The van der Waals surface area contributed by atoms with Crippen molar-refractivity contribution in [3.05, 3.63) is 78.4 Å². The largest absolute Gasteiger partial charge is 0.325 e. The lowest BCUT2D eigenvalue weighted by Gasteiger charge is -2.21. The number of aromatic nitrogens is 1. The minimum atomic E-state index is -3.60. The zero-order valence-corrected chi connectivity index (χ0v) is 18.7. The summed E-state index contributed by atoms with van der Waals surface area (Å²) in [7, 11) is -3.60. The predicted octanol–water partition coefficient (Wildman–Crippen LogP) is 4.68. The molecule has 8 heteroatoms. The van der Waals surface area contributed by atoms with Gasteiger partial charge in [-0.15, -0.1) is 11.3 Å². The Balaban J connectivity index is 1.48. The smallest absolute Gasteiger partial charge is 0.245 e. The SMILES string of the molecule is Cc1ccc2nc(-c3ccc(NC(=O)CN(c4ccccc4)S(C)(=O)=O)cc3)sc2c1. The summed E-state index contributed by atoms with van der Waals surface area (Å²) in [5.41, 5.74) is 4.15. The van der Waals surface area contributed by atoms with E-state index in [9.17, 15) is 13.2 Å². The fraction of sp³-hybridized carbons (Fsp3) is 0.130. The second kappa shape index (κ2) is 8.49. The predicted molar refractivity (Wildman–Crippen MR) is 127 cm³/mol. The number of anilines is 2. The van der Waals surface area contributed by atoms with Crippen LogP contribution in [-0.2, 0) is 14.8 Å². The van der Waals surface area contributed by atoms with Gasteiger partial charge in [0.2, 0.25) is 15.9 Å². The molecule has 0 aliphatic rings. The Labute approximate surface area is 185 Å². The van der Waals surface area contributed by atoms with Crippen molar-refractivity contribution in [2.24, 2.45) is 0 Å². The summed E-state index contributed by atoms with van der Waals surface area (Å²) in [6.45, 7) is 1.75. The number of benzene rings is 3. The maximum Gasteiger partial charge on any atom is 0.245 e. The summed E-state index contributed by atoms with van der Waals surface area (Å²) in [5, 5.41) is 3.67. The zero-order chi connectivity index (χ0) is 22.0. The molecule has 1 N–H and O–H groups in total. The molecule has 1 amide bonds. The van der Waals surface area contributed by atoms with E-state index in [0.29, 0.717) is 11.4 Å². The van der Waals surface area contributed by atoms with Crippen LogP contribution in [0.1, 0.15) is 5.56 Å². The Morgan fingerprint density at radius 2 is 1.74 bits per heavy atom. The molecule has 0 bridgehead atoms. The standard InChI is InChI=1S/C23H21N3O3S2/c1-16-8-13-20-21(14-16)30-23(25-20)17-9-11-18(12-10-17)24-22(27)15-26(31(2,28)29)19-6-4-3-5-7-19/h3-14H,15H2,1-2H3,(H,24,27). The van der Waals surface area contributed by atoms with E-state index in [1.165, 1.54) is 5.56 Å². The number of para-hydroxylation sites is 1. The van der Waals surface area contributed by atoms with Crippen molar-refractivity contribution in [2.75, 3.05) is 22.4 Å². The second-order valence-electron chi connectivity index (χ2n) is 7.22. The van der Waals surface area contributed by atoms with Crippen molar-refractivity contribution in [1.29, 1.82) is 0 Å². The Bertz CT molecular complexity index is 1330. The van der Waals surface area contributed by atoms with Gasteiger partial charge in [-0.2, -0.15) is 0 Å². The van der Waals surface area contributed by atoms with Gasteiger partial charge in [0.05, 0.1) is 22.2 Å². The van der Waals surface area contributed by atoms with E-state index in [1.807, 2.05) is 24.3 Å². The van der Waals surface area contributed by atoms with Gasteiger partial charge in [0.15, 0.2) is 0 Å². The van der Waals surface area contributed by atoms with Crippen LogP contribution >= 0.6 is 11.3 Å². The van der Waals surface area contributed by atoms with Gasteiger partial charge in [-0.25, -0.2) is 13.4 Å². The topological polar surface area (TPSA) is 79.4 Å². The maximum absolute atomic E-state index is 12.5. The highest BCUT2D eigenvalue weighted by molar-refractivity contribution is 7.92. The first-order chi connectivity index (χ1) is 14.8. The molecule has 4 aromatic rings. The van der Waals surface area contributed by atoms with Crippen LogP contribution in [0.15, 0.2) is 72.8 Å². The number of hydrogen-bond acceptors (Lipinski definition) is 5. The van der Waals surface area contributed by atoms with Gasteiger partial charge in [-0.3, -0.25) is 9.10 Å². The second-order valence-corrected chi connectivity index (χ2v) is 10.2. The normalized spacial score (nSPS) is 11.4. The van der Waals surface area contributed by atoms with E-state index in [0.717, 1.165) is 31.3 Å². The molecule has 0 aliphatic carbocycles. The number of fused-ring (bicyclic) bond motifs is 1. The molecule has 3 aromatic carbocycles. The molecule has 6 nitrogen and oxygen atoms in total. The third-order valence-electron chi connectivity index (χ3n) is 4.69. The number of thiazole rings is 1. The van der Waals surface area contributed by atoms with E-state index in [-0.39, 0.29) is 6.54 Å². The zero-order valence-electron chi connectivity index (χ0n) is 17.1. The number of carbonyl (C=O) groups is 1. The average Bonchev–Trinajstić information content (AvgIpc) is 3.15. The quantitative estimate of drug-likeness (QED) is 0.462. The molecular weight excluding hydrogens is 430 g/mol. The van der Waals surface area contributed by atoms with Crippen molar-refractivity contribution in [3.8, 4) is 10.6 Å². The Hall–Kier alpha value is -3.23. The van der Waals surface area contributed by atoms with Gasteiger partial charge in [0.1, 0.15) is 11.6 Å². The van der Waals surface area contributed by atoms with E-state index < -0.39 is 15.9 Å². The number of nitrogens with one attached hydrogen (secondary N) is 1. The molecule has 4 rings (SSSR count). The summed E-state index contributed by atoms with van der Waals surface area (Å²) in [4.78, 5) is 17.2. The highest BCUT2D eigenvalue weighted by Crippen LogP contribution is 2.31. The van der Waals surface area contributed by atoms with Crippen molar-refractivity contribution >= 4 is 48.9 Å². The molecule has 0 aliphatic heterocycles. The van der Waals surface area contributed by atoms with Crippen LogP contribution in [0.4, 0.5) is 11.4 Å². The van der Waals surface area contributed by atoms with Crippen molar-refractivity contribution in [2.45, 2.75) is 6.92 Å². The lowest BCUT2D eigenvalue weighted by molar-refractivity contribution is -0.114. The molecule has 31 heavy (non-hydrogen) atoms. The number of amides is 1. The molecule has 0 fully saturated rings. The number of sulfonamides is 1. The van der Waals surface area contributed by atoms with E-state index >= 15 is 0 Å². The van der Waals surface area contributed by atoms with Crippen LogP contribution in [0, 0.1) is 6.92 Å². The fourth-order valence-electron chi connectivity index (χ4n) is 3.18.